The quantitative estimate of drug-likeness (QED) is 0.263. The predicted octanol–water partition coefficient (Wildman–Crippen LogP) is 4.49. The van der Waals surface area contributed by atoms with Crippen molar-refractivity contribution in [2.45, 2.75) is 24.4 Å². The molecule has 0 saturated carbocycles. The number of thioether (sulfide) groups is 1. The lowest BCUT2D eigenvalue weighted by Crippen LogP contribution is -2.06. The summed E-state index contributed by atoms with van der Waals surface area (Å²) in [5.41, 5.74) is 2.35. The SMILES string of the molecule is C=CCn1c(SCc2cc(=O)oc3cc(NC(C)=O)ccc23)nnc1-c1ccccc1. The number of benzene rings is 2. The standard InChI is InChI=1S/C23H20N4O3S/c1-3-11-27-22(16-7-5-4-6-8-16)25-26-23(27)31-14-17-12-21(29)30-20-13-18(24-15(2)28)9-10-19(17)20/h3-10,12-13H,1,11,14H2,2H3,(H,24,28). The van der Waals surface area contributed by atoms with Gasteiger partial charge in [0.1, 0.15) is 5.58 Å². The fourth-order valence-corrected chi connectivity index (χ4v) is 4.20. The van der Waals surface area contributed by atoms with Crippen molar-refractivity contribution in [3.05, 3.63) is 83.2 Å². The first-order valence-corrected chi connectivity index (χ1v) is 10.6. The highest BCUT2D eigenvalue weighted by Crippen LogP contribution is 2.29. The van der Waals surface area contributed by atoms with Crippen LogP contribution in [0.2, 0.25) is 0 Å². The van der Waals surface area contributed by atoms with E-state index in [1.165, 1.54) is 24.8 Å². The van der Waals surface area contributed by atoms with E-state index in [1.54, 1.807) is 18.2 Å². The number of rotatable bonds is 7. The molecule has 0 atom stereocenters. The molecule has 8 heteroatoms. The molecule has 1 amide bonds. The second-order valence-corrected chi connectivity index (χ2v) is 7.79. The Kier molecular flexibility index (Phi) is 5.99. The molecule has 0 spiro atoms. The summed E-state index contributed by atoms with van der Waals surface area (Å²) in [4.78, 5) is 23.4. The topological polar surface area (TPSA) is 90.0 Å². The minimum absolute atomic E-state index is 0.191. The third kappa shape index (κ3) is 4.59. The van der Waals surface area contributed by atoms with Gasteiger partial charge in [-0.25, -0.2) is 4.79 Å². The van der Waals surface area contributed by atoms with Crippen LogP contribution in [0.15, 0.2) is 81.6 Å². The van der Waals surface area contributed by atoms with Gasteiger partial charge in [0, 0.05) is 48.0 Å². The fourth-order valence-electron chi connectivity index (χ4n) is 3.26. The molecule has 4 rings (SSSR count). The van der Waals surface area contributed by atoms with Gasteiger partial charge in [0.05, 0.1) is 0 Å². The number of amides is 1. The maximum atomic E-state index is 12.1. The van der Waals surface area contributed by atoms with Crippen LogP contribution in [-0.4, -0.2) is 20.7 Å². The van der Waals surface area contributed by atoms with E-state index in [0.29, 0.717) is 23.6 Å². The van der Waals surface area contributed by atoms with Crippen LogP contribution in [0.3, 0.4) is 0 Å². The van der Waals surface area contributed by atoms with Crippen LogP contribution in [0.4, 0.5) is 5.69 Å². The smallest absolute Gasteiger partial charge is 0.336 e. The molecule has 0 fully saturated rings. The molecule has 0 aliphatic rings. The zero-order valence-electron chi connectivity index (χ0n) is 16.9. The van der Waals surface area contributed by atoms with Crippen LogP contribution in [0.25, 0.3) is 22.4 Å². The lowest BCUT2D eigenvalue weighted by molar-refractivity contribution is -0.114. The summed E-state index contributed by atoms with van der Waals surface area (Å²) in [7, 11) is 0. The first kappa shape index (κ1) is 20.6. The van der Waals surface area contributed by atoms with E-state index in [9.17, 15) is 9.59 Å². The number of fused-ring (bicyclic) bond motifs is 1. The van der Waals surface area contributed by atoms with Crippen molar-refractivity contribution < 1.29 is 9.21 Å². The van der Waals surface area contributed by atoms with Crippen molar-refractivity contribution in [3.63, 3.8) is 0 Å². The van der Waals surface area contributed by atoms with Crippen molar-refractivity contribution in [2.24, 2.45) is 0 Å². The molecule has 2 aromatic carbocycles. The summed E-state index contributed by atoms with van der Waals surface area (Å²) in [6.45, 7) is 5.84. The fraction of sp³-hybridized carbons (Fsp3) is 0.130. The third-order valence-corrected chi connectivity index (χ3v) is 5.58. The van der Waals surface area contributed by atoms with Crippen LogP contribution >= 0.6 is 11.8 Å². The van der Waals surface area contributed by atoms with E-state index in [1.807, 2.05) is 41.0 Å². The maximum Gasteiger partial charge on any atom is 0.336 e. The van der Waals surface area contributed by atoms with Gasteiger partial charge in [-0.1, -0.05) is 48.2 Å². The number of nitrogens with one attached hydrogen (secondary N) is 1. The number of anilines is 1. The molecule has 0 unspecified atom stereocenters. The van der Waals surface area contributed by atoms with E-state index >= 15 is 0 Å². The second kappa shape index (κ2) is 9.01. The molecule has 0 radical (unpaired) electrons. The maximum absolute atomic E-state index is 12.1. The first-order chi connectivity index (χ1) is 15.0. The van der Waals surface area contributed by atoms with E-state index in [4.69, 9.17) is 4.42 Å². The minimum Gasteiger partial charge on any atom is -0.423 e. The summed E-state index contributed by atoms with van der Waals surface area (Å²) in [6, 6.07) is 16.6. The monoisotopic (exact) mass is 432 g/mol. The van der Waals surface area contributed by atoms with Gasteiger partial charge in [0.2, 0.25) is 5.91 Å². The number of hydrogen-bond acceptors (Lipinski definition) is 6. The highest BCUT2D eigenvalue weighted by molar-refractivity contribution is 7.98. The molecule has 0 aliphatic carbocycles. The van der Waals surface area contributed by atoms with Gasteiger partial charge in [-0.2, -0.15) is 0 Å². The predicted molar refractivity (Wildman–Crippen MR) is 122 cm³/mol. The molecule has 2 heterocycles. The first-order valence-electron chi connectivity index (χ1n) is 9.62. The highest BCUT2D eigenvalue weighted by Gasteiger charge is 2.15. The number of aromatic nitrogens is 3. The van der Waals surface area contributed by atoms with Gasteiger partial charge in [-0.3, -0.25) is 9.36 Å². The van der Waals surface area contributed by atoms with Crippen molar-refractivity contribution in [1.29, 1.82) is 0 Å². The minimum atomic E-state index is -0.444. The van der Waals surface area contributed by atoms with Gasteiger partial charge >= 0.3 is 5.63 Å². The third-order valence-electron chi connectivity index (χ3n) is 4.57. The van der Waals surface area contributed by atoms with Gasteiger partial charge in [-0.05, 0) is 17.7 Å². The van der Waals surface area contributed by atoms with E-state index in [2.05, 4.69) is 22.1 Å². The van der Waals surface area contributed by atoms with Gasteiger partial charge in [0.25, 0.3) is 0 Å². The molecule has 31 heavy (non-hydrogen) atoms. The Morgan fingerprint density at radius 2 is 2.00 bits per heavy atom. The molecular weight excluding hydrogens is 412 g/mol. The molecule has 0 saturated heterocycles. The van der Waals surface area contributed by atoms with Crippen molar-refractivity contribution in [1.82, 2.24) is 14.8 Å². The van der Waals surface area contributed by atoms with Gasteiger partial charge < -0.3 is 9.73 Å². The van der Waals surface area contributed by atoms with Crippen LogP contribution in [0.1, 0.15) is 12.5 Å². The average molecular weight is 433 g/mol. The van der Waals surface area contributed by atoms with Crippen molar-refractivity contribution in [3.8, 4) is 11.4 Å². The number of nitrogens with zero attached hydrogens (tertiary/aromatic N) is 3. The van der Waals surface area contributed by atoms with Crippen molar-refractivity contribution >= 4 is 34.3 Å². The summed E-state index contributed by atoms with van der Waals surface area (Å²) in [5, 5.41) is 12.9. The Bertz CT molecular complexity index is 1310. The lowest BCUT2D eigenvalue weighted by atomic mass is 10.1. The second-order valence-electron chi connectivity index (χ2n) is 6.84. The molecule has 0 bridgehead atoms. The van der Waals surface area contributed by atoms with E-state index in [0.717, 1.165) is 27.5 Å². The Labute approximate surface area is 182 Å². The number of allylic oxidation sites excluding steroid dienone is 1. The van der Waals surface area contributed by atoms with Gasteiger partial charge in [0.15, 0.2) is 11.0 Å². The molecular formula is C23H20N4O3S. The summed E-state index contributed by atoms with van der Waals surface area (Å²) < 4.78 is 7.33. The van der Waals surface area contributed by atoms with Crippen LogP contribution < -0.4 is 10.9 Å². The largest absolute Gasteiger partial charge is 0.423 e. The highest BCUT2D eigenvalue weighted by atomic mass is 32.2. The van der Waals surface area contributed by atoms with Crippen LogP contribution in [0.5, 0.6) is 0 Å². The van der Waals surface area contributed by atoms with Crippen LogP contribution in [-0.2, 0) is 17.1 Å². The van der Waals surface area contributed by atoms with E-state index in [-0.39, 0.29) is 5.91 Å². The van der Waals surface area contributed by atoms with Gasteiger partial charge in [-0.15, -0.1) is 16.8 Å². The molecule has 2 aromatic heterocycles. The Morgan fingerprint density at radius 3 is 2.74 bits per heavy atom. The zero-order valence-corrected chi connectivity index (χ0v) is 17.7. The number of hydrogen-bond donors (Lipinski definition) is 1. The summed E-state index contributed by atoms with van der Waals surface area (Å²) in [5.74, 6) is 1.08. The normalized spacial score (nSPS) is 10.9. The number of carbonyl (C=O) groups is 1. The summed E-state index contributed by atoms with van der Waals surface area (Å²) in [6.07, 6.45) is 1.80. The molecule has 4 aromatic rings. The molecule has 0 aliphatic heterocycles. The average Bonchev–Trinajstić information content (AvgIpc) is 3.14. The molecule has 1 N–H and O–H groups in total. The zero-order chi connectivity index (χ0) is 21.8. The Balaban J connectivity index is 1.65. The van der Waals surface area contributed by atoms with E-state index < -0.39 is 5.63 Å². The Hall–Kier alpha value is -3.65. The lowest BCUT2D eigenvalue weighted by Gasteiger charge is -2.09. The molecule has 156 valence electrons. The molecule has 7 nitrogen and oxygen atoms in total. The summed E-state index contributed by atoms with van der Waals surface area (Å²) >= 11 is 1.49. The van der Waals surface area contributed by atoms with Crippen LogP contribution in [0, 0.1) is 0 Å². The number of carbonyl (C=O) groups excluding carboxylic acids is 1. The Morgan fingerprint density at radius 1 is 1.19 bits per heavy atom. The van der Waals surface area contributed by atoms with Crippen molar-refractivity contribution in [2.75, 3.05) is 5.32 Å².